The van der Waals surface area contributed by atoms with Crippen LogP contribution in [-0.4, -0.2) is 20.1 Å². The van der Waals surface area contributed by atoms with Gasteiger partial charge in [0.1, 0.15) is 11.5 Å². The van der Waals surface area contributed by atoms with Gasteiger partial charge in [0.2, 0.25) is 0 Å². The monoisotopic (exact) mass is 417 g/mol. The maximum Gasteiger partial charge on any atom is 0.255 e. The zero-order valence-corrected chi connectivity index (χ0v) is 14.4. The van der Waals surface area contributed by atoms with Crippen LogP contribution in [0, 0.1) is 3.57 Å². The lowest BCUT2D eigenvalue weighted by Gasteiger charge is -2.13. The van der Waals surface area contributed by atoms with E-state index in [-0.39, 0.29) is 5.91 Å². The maximum absolute atomic E-state index is 12.2. The van der Waals surface area contributed by atoms with Crippen LogP contribution in [-0.2, 0) is 0 Å². The third kappa shape index (κ3) is 3.79. The first-order chi connectivity index (χ1) is 10.0. The fourth-order valence-corrected chi connectivity index (χ4v) is 2.35. The number of hydrogen-bond acceptors (Lipinski definition) is 3. The van der Waals surface area contributed by atoms with Crippen molar-refractivity contribution in [3.63, 3.8) is 0 Å². The lowest BCUT2D eigenvalue weighted by atomic mass is 10.2. The van der Waals surface area contributed by atoms with Crippen LogP contribution >= 0.6 is 34.2 Å². The number of carbonyl (C=O) groups is 1. The largest absolute Gasteiger partial charge is 0.495 e. The number of benzene rings is 2. The van der Waals surface area contributed by atoms with E-state index in [9.17, 15) is 4.79 Å². The van der Waals surface area contributed by atoms with Crippen LogP contribution < -0.4 is 14.8 Å². The minimum absolute atomic E-state index is 0.231. The Morgan fingerprint density at radius 1 is 1.10 bits per heavy atom. The smallest absolute Gasteiger partial charge is 0.255 e. The Labute approximate surface area is 141 Å². The number of ether oxygens (including phenoxy) is 2. The van der Waals surface area contributed by atoms with E-state index in [1.165, 1.54) is 14.2 Å². The van der Waals surface area contributed by atoms with E-state index in [1.807, 2.05) is 12.1 Å². The second-order valence-corrected chi connectivity index (χ2v) is 5.80. The second kappa shape index (κ2) is 7.00. The van der Waals surface area contributed by atoms with Gasteiger partial charge in [0.15, 0.2) is 0 Å². The number of amides is 1. The number of halogens is 2. The van der Waals surface area contributed by atoms with Crippen LogP contribution in [0.4, 0.5) is 5.69 Å². The third-order valence-electron chi connectivity index (χ3n) is 2.83. The Hall–Kier alpha value is -1.47. The van der Waals surface area contributed by atoms with Crippen LogP contribution in [0.3, 0.4) is 0 Å². The summed E-state index contributed by atoms with van der Waals surface area (Å²) in [5.74, 6) is 0.738. The fraction of sp³-hybridized carbons (Fsp3) is 0.133. The molecule has 0 radical (unpaired) electrons. The average Bonchev–Trinajstić information content (AvgIpc) is 2.48. The summed E-state index contributed by atoms with van der Waals surface area (Å²) >= 11 is 8.26. The molecular formula is C15H13ClINO3. The summed E-state index contributed by atoms with van der Waals surface area (Å²) in [5, 5.41) is 3.18. The van der Waals surface area contributed by atoms with Crippen LogP contribution in [0.2, 0.25) is 5.02 Å². The summed E-state index contributed by atoms with van der Waals surface area (Å²) in [6.07, 6.45) is 0. The van der Waals surface area contributed by atoms with Crippen LogP contribution in [0.5, 0.6) is 11.5 Å². The van der Waals surface area contributed by atoms with Gasteiger partial charge in [0.05, 0.1) is 24.9 Å². The zero-order chi connectivity index (χ0) is 15.4. The molecule has 4 nitrogen and oxygen atoms in total. The molecule has 21 heavy (non-hydrogen) atoms. The molecule has 0 unspecified atom stereocenters. The van der Waals surface area contributed by atoms with Crippen LogP contribution in [0.1, 0.15) is 10.4 Å². The highest BCUT2D eigenvalue weighted by atomic mass is 127. The van der Waals surface area contributed by atoms with Gasteiger partial charge in [-0.2, -0.15) is 0 Å². The lowest BCUT2D eigenvalue weighted by molar-refractivity contribution is 0.102. The number of methoxy groups -OCH3 is 2. The molecule has 0 fully saturated rings. The predicted octanol–water partition coefficient (Wildman–Crippen LogP) is 4.21. The first kappa shape index (κ1) is 15.9. The van der Waals surface area contributed by atoms with E-state index in [1.54, 1.807) is 24.3 Å². The first-order valence-electron chi connectivity index (χ1n) is 6.03. The molecule has 0 saturated carbocycles. The topological polar surface area (TPSA) is 47.6 Å². The van der Waals surface area contributed by atoms with Crippen molar-refractivity contribution < 1.29 is 14.3 Å². The van der Waals surface area contributed by atoms with E-state index in [0.29, 0.717) is 27.8 Å². The first-order valence-corrected chi connectivity index (χ1v) is 7.49. The molecule has 110 valence electrons. The van der Waals surface area contributed by atoms with Gasteiger partial charge >= 0.3 is 0 Å². The normalized spacial score (nSPS) is 10.1. The molecule has 0 aliphatic rings. The Morgan fingerprint density at radius 2 is 1.71 bits per heavy atom. The molecule has 0 spiro atoms. The molecule has 0 aliphatic heterocycles. The van der Waals surface area contributed by atoms with Crippen molar-refractivity contribution in [3.8, 4) is 11.5 Å². The second-order valence-electron chi connectivity index (χ2n) is 4.15. The van der Waals surface area contributed by atoms with Gasteiger partial charge in [0.25, 0.3) is 5.91 Å². The molecule has 1 amide bonds. The summed E-state index contributed by atoms with van der Waals surface area (Å²) in [6.45, 7) is 0. The molecule has 1 N–H and O–H groups in total. The molecule has 0 atom stereocenters. The van der Waals surface area contributed by atoms with E-state index in [0.717, 1.165) is 3.57 Å². The number of nitrogens with one attached hydrogen (secondary N) is 1. The highest BCUT2D eigenvalue weighted by Crippen LogP contribution is 2.36. The third-order valence-corrected chi connectivity index (χ3v) is 3.84. The summed E-state index contributed by atoms with van der Waals surface area (Å²) in [7, 11) is 3.04. The molecule has 0 saturated heterocycles. The lowest BCUT2D eigenvalue weighted by Crippen LogP contribution is -2.12. The van der Waals surface area contributed by atoms with Crippen molar-refractivity contribution in [3.05, 3.63) is 50.6 Å². The van der Waals surface area contributed by atoms with E-state index in [2.05, 4.69) is 27.9 Å². The molecule has 0 heterocycles. The number of hydrogen-bond donors (Lipinski definition) is 1. The summed E-state index contributed by atoms with van der Waals surface area (Å²) in [6, 6.07) is 10.5. The van der Waals surface area contributed by atoms with Gasteiger partial charge in [-0.1, -0.05) is 11.6 Å². The van der Waals surface area contributed by atoms with Gasteiger partial charge < -0.3 is 14.8 Å². The molecule has 0 bridgehead atoms. The van der Waals surface area contributed by atoms with Gasteiger partial charge in [-0.3, -0.25) is 4.79 Å². The van der Waals surface area contributed by atoms with Crippen molar-refractivity contribution >= 4 is 45.8 Å². The van der Waals surface area contributed by atoms with Crippen molar-refractivity contribution in [2.75, 3.05) is 19.5 Å². The molecule has 6 heteroatoms. The van der Waals surface area contributed by atoms with E-state index < -0.39 is 0 Å². The molecular weight excluding hydrogens is 405 g/mol. The Kier molecular flexibility index (Phi) is 5.30. The number of rotatable bonds is 4. The molecule has 0 aliphatic carbocycles. The Morgan fingerprint density at radius 3 is 2.29 bits per heavy atom. The molecule has 0 aromatic heterocycles. The van der Waals surface area contributed by atoms with Crippen molar-refractivity contribution in [2.45, 2.75) is 0 Å². The zero-order valence-electron chi connectivity index (χ0n) is 11.4. The van der Waals surface area contributed by atoms with E-state index >= 15 is 0 Å². The van der Waals surface area contributed by atoms with Gasteiger partial charge in [0, 0.05) is 15.2 Å². The summed E-state index contributed by atoms with van der Waals surface area (Å²) in [5.41, 5.74) is 1.05. The standard InChI is InChI=1S/C15H13ClINO3/c1-20-13-8-14(21-2)12(7-11(13)16)18-15(19)9-3-5-10(17)6-4-9/h3-8H,1-2H3,(H,18,19). The minimum atomic E-state index is -0.231. The minimum Gasteiger partial charge on any atom is -0.495 e. The van der Waals surface area contributed by atoms with Gasteiger partial charge in [-0.25, -0.2) is 0 Å². The van der Waals surface area contributed by atoms with E-state index in [4.69, 9.17) is 21.1 Å². The van der Waals surface area contributed by atoms with Gasteiger partial charge in [-0.15, -0.1) is 0 Å². The van der Waals surface area contributed by atoms with Crippen molar-refractivity contribution in [1.82, 2.24) is 0 Å². The highest BCUT2D eigenvalue weighted by molar-refractivity contribution is 14.1. The molecule has 2 aromatic rings. The fourth-order valence-electron chi connectivity index (χ4n) is 1.75. The summed E-state index contributed by atoms with van der Waals surface area (Å²) in [4.78, 5) is 12.2. The Balaban J connectivity index is 2.28. The van der Waals surface area contributed by atoms with Crippen LogP contribution in [0.15, 0.2) is 36.4 Å². The quantitative estimate of drug-likeness (QED) is 0.758. The maximum atomic E-state index is 12.2. The van der Waals surface area contributed by atoms with Crippen molar-refractivity contribution in [2.24, 2.45) is 0 Å². The van der Waals surface area contributed by atoms with Crippen molar-refractivity contribution in [1.29, 1.82) is 0 Å². The highest BCUT2D eigenvalue weighted by Gasteiger charge is 2.13. The number of carbonyl (C=O) groups excluding carboxylic acids is 1. The Bertz CT molecular complexity index is 659. The predicted molar refractivity (Wildman–Crippen MR) is 91.7 cm³/mol. The molecule has 2 aromatic carbocycles. The SMILES string of the molecule is COc1cc(OC)c(NC(=O)c2ccc(I)cc2)cc1Cl. The average molecular weight is 418 g/mol. The van der Waals surface area contributed by atoms with Crippen LogP contribution in [0.25, 0.3) is 0 Å². The molecule has 2 rings (SSSR count). The summed E-state index contributed by atoms with van der Waals surface area (Å²) < 4.78 is 11.4. The van der Waals surface area contributed by atoms with Gasteiger partial charge in [-0.05, 0) is 52.9 Å². The number of anilines is 1.